The molecule has 0 aliphatic heterocycles. The predicted molar refractivity (Wildman–Crippen MR) is 94.9 cm³/mol. The van der Waals surface area contributed by atoms with Gasteiger partial charge in [0, 0.05) is 14.6 Å². The average Bonchev–Trinajstić information content (AvgIpc) is 3.27. The van der Waals surface area contributed by atoms with Gasteiger partial charge in [-0.25, -0.2) is 13.6 Å². The number of carbonyl (C=O) groups excluding carboxylic acids is 1. The van der Waals surface area contributed by atoms with Crippen LogP contribution in [0.15, 0.2) is 47.8 Å². The Morgan fingerprint density at radius 3 is 2.52 bits per heavy atom. The molecule has 0 aliphatic rings. The van der Waals surface area contributed by atoms with Gasteiger partial charge in [-0.3, -0.25) is 0 Å². The molecule has 0 saturated carbocycles. The Morgan fingerprint density at radius 1 is 1.08 bits per heavy atom. The second-order valence-corrected chi connectivity index (χ2v) is 7.31. The summed E-state index contributed by atoms with van der Waals surface area (Å²) in [6, 6.07) is 9.94. The van der Waals surface area contributed by atoms with Crippen molar-refractivity contribution in [2.45, 2.75) is 12.6 Å². The van der Waals surface area contributed by atoms with E-state index in [0.717, 1.165) is 26.8 Å². The molecule has 130 valence electrons. The zero-order valence-corrected chi connectivity index (χ0v) is 14.5. The molecule has 0 spiro atoms. The minimum atomic E-state index is -0.840. The van der Waals surface area contributed by atoms with Crippen LogP contribution in [0, 0.1) is 11.6 Å². The van der Waals surface area contributed by atoms with E-state index in [0.29, 0.717) is 0 Å². The van der Waals surface area contributed by atoms with Crippen molar-refractivity contribution in [3.63, 3.8) is 0 Å². The fourth-order valence-corrected chi connectivity index (χ4v) is 3.93. The summed E-state index contributed by atoms with van der Waals surface area (Å²) in [5.41, 5.74) is -0.486. The molecule has 3 rings (SSSR count). The maximum atomic E-state index is 13.5. The van der Waals surface area contributed by atoms with Crippen LogP contribution in [-0.2, 0) is 6.54 Å². The van der Waals surface area contributed by atoms with Crippen LogP contribution in [0.3, 0.4) is 0 Å². The highest BCUT2D eigenvalue weighted by Gasteiger charge is 2.15. The number of carbonyl (C=O) groups is 1. The number of thiophene rings is 2. The van der Waals surface area contributed by atoms with E-state index in [1.165, 1.54) is 28.7 Å². The van der Waals surface area contributed by atoms with E-state index in [1.54, 1.807) is 12.1 Å². The fourth-order valence-electron chi connectivity index (χ4n) is 2.17. The van der Waals surface area contributed by atoms with Crippen LogP contribution in [0.2, 0.25) is 0 Å². The van der Waals surface area contributed by atoms with Crippen molar-refractivity contribution in [1.82, 2.24) is 5.32 Å². The quantitative estimate of drug-likeness (QED) is 0.611. The number of rotatable bonds is 5. The standard InChI is InChI=1S/C17H14F2N2O2S2/c18-11-3-1-4-12(19)15(11)21-17(23)20-9-10-6-7-14(25-10)16(22)13-5-2-8-24-13/h1-8,16,22H,9H2,(H2,20,21,23). The van der Waals surface area contributed by atoms with Crippen LogP contribution in [-0.4, -0.2) is 11.1 Å². The summed E-state index contributed by atoms with van der Waals surface area (Å²) in [5.74, 6) is -1.68. The Labute approximate surface area is 150 Å². The number of aliphatic hydroxyl groups is 1. The van der Waals surface area contributed by atoms with E-state index in [-0.39, 0.29) is 6.54 Å². The number of urea groups is 1. The number of hydrogen-bond donors (Lipinski definition) is 3. The number of benzene rings is 1. The number of hydrogen-bond acceptors (Lipinski definition) is 4. The Kier molecular flexibility index (Phi) is 5.42. The maximum absolute atomic E-state index is 13.5. The van der Waals surface area contributed by atoms with Gasteiger partial charge in [-0.1, -0.05) is 12.1 Å². The molecule has 1 unspecified atom stereocenters. The molecular formula is C17H14F2N2O2S2. The summed E-state index contributed by atoms with van der Waals surface area (Å²) in [6.45, 7) is 0.184. The SMILES string of the molecule is O=C(NCc1ccc(C(O)c2cccs2)s1)Nc1c(F)cccc1F. The van der Waals surface area contributed by atoms with Gasteiger partial charge >= 0.3 is 6.03 Å². The van der Waals surface area contributed by atoms with Crippen molar-refractivity contribution in [3.8, 4) is 0 Å². The molecule has 2 aromatic heterocycles. The predicted octanol–water partition coefficient (Wildman–Crippen LogP) is 4.49. The molecule has 3 aromatic rings. The molecule has 2 heterocycles. The lowest BCUT2D eigenvalue weighted by Crippen LogP contribution is -2.28. The lowest BCUT2D eigenvalue weighted by molar-refractivity contribution is 0.228. The minimum absolute atomic E-state index is 0.184. The normalized spacial score (nSPS) is 12.0. The molecule has 0 fully saturated rings. The third kappa shape index (κ3) is 4.22. The summed E-state index contributed by atoms with van der Waals surface area (Å²) in [7, 11) is 0. The highest BCUT2D eigenvalue weighted by Crippen LogP contribution is 2.30. The van der Waals surface area contributed by atoms with Gasteiger partial charge in [-0.15, -0.1) is 22.7 Å². The second-order valence-electron chi connectivity index (χ2n) is 5.13. The lowest BCUT2D eigenvalue weighted by atomic mass is 10.2. The van der Waals surface area contributed by atoms with Gasteiger partial charge < -0.3 is 15.7 Å². The number of para-hydroxylation sites is 1. The summed E-state index contributed by atoms with van der Waals surface area (Å²) >= 11 is 2.82. The van der Waals surface area contributed by atoms with Gasteiger partial charge in [0.05, 0.1) is 6.54 Å². The first kappa shape index (κ1) is 17.5. The molecule has 8 heteroatoms. The van der Waals surface area contributed by atoms with Crippen molar-refractivity contribution in [3.05, 3.63) is 74.1 Å². The van der Waals surface area contributed by atoms with Crippen molar-refractivity contribution in [2.75, 3.05) is 5.32 Å². The molecule has 1 aromatic carbocycles. The summed E-state index contributed by atoms with van der Waals surface area (Å²) < 4.78 is 27.0. The largest absolute Gasteiger partial charge is 0.382 e. The summed E-state index contributed by atoms with van der Waals surface area (Å²) in [6.07, 6.45) is -0.694. The third-order valence-electron chi connectivity index (χ3n) is 3.39. The average molecular weight is 380 g/mol. The second kappa shape index (κ2) is 7.73. The van der Waals surface area contributed by atoms with Crippen LogP contribution < -0.4 is 10.6 Å². The van der Waals surface area contributed by atoms with E-state index in [1.807, 2.05) is 17.5 Å². The zero-order valence-electron chi connectivity index (χ0n) is 12.8. The Hall–Kier alpha value is -2.29. The number of anilines is 1. The molecule has 3 N–H and O–H groups in total. The molecule has 0 radical (unpaired) electrons. The van der Waals surface area contributed by atoms with E-state index in [9.17, 15) is 18.7 Å². The van der Waals surface area contributed by atoms with E-state index in [4.69, 9.17) is 0 Å². The van der Waals surface area contributed by atoms with Gasteiger partial charge in [-0.05, 0) is 35.7 Å². The van der Waals surface area contributed by atoms with Gasteiger partial charge in [-0.2, -0.15) is 0 Å². The van der Waals surface area contributed by atoms with Crippen LogP contribution in [0.5, 0.6) is 0 Å². The Bertz CT molecular complexity index is 845. The zero-order chi connectivity index (χ0) is 17.8. The maximum Gasteiger partial charge on any atom is 0.319 e. The molecule has 0 bridgehead atoms. The first-order valence-electron chi connectivity index (χ1n) is 7.33. The van der Waals surface area contributed by atoms with Crippen LogP contribution in [0.1, 0.15) is 20.7 Å². The van der Waals surface area contributed by atoms with E-state index >= 15 is 0 Å². The summed E-state index contributed by atoms with van der Waals surface area (Å²) in [5, 5.41) is 16.8. The van der Waals surface area contributed by atoms with Crippen LogP contribution in [0.25, 0.3) is 0 Å². The highest BCUT2D eigenvalue weighted by atomic mass is 32.1. The highest BCUT2D eigenvalue weighted by molar-refractivity contribution is 7.12. The number of aliphatic hydroxyl groups excluding tert-OH is 1. The number of nitrogens with one attached hydrogen (secondary N) is 2. The molecule has 0 aliphatic carbocycles. The first-order valence-corrected chi connectivity index (χ1v) is 9.03. The van der Waals surface area contributed by atoms with Crippen molar-refractivity contribution >= 4 is 34.4 Å². The van der Waals surface area contributed by atoms with Crippen molar-refractivity contribution < 1.29 is 18.7 Å². The van der Waals surface area contributed by atoms with Crippen molar-refractivity contribution in [1.29, 1.82) is 0 Å². The molecule has 0 saturated heterocycles. The third-order valence-corrected chi connectivity index (χ3v) is 5.45. The summed E-state index contributed by atoms with van der Waals surface area (Å²) in [4.78, 5) is 14.2. The minimum Gasteiger partial charge on any atom is -0.382 e. The molecule has 25 heavy (non-hydrogen) atoms. The van der Waals surface area contributed by atoms with Crippen LogP contribution >= 0.6 is 22.7 Å². The number of halogens is 2. The number of amides is 2. The van der Waals surface area contributed by atoms with Gasteiger partial charge in [0.1, 0.15) is 23.4 Å². The van der Waals surface area contributed by atoms with Gasteiger partial charge in [0.15, 0.2) is 0 Å². The van der Waals surface area contributed by atoms with E-state index in [2.05, 4.69) is 10.6 Å². The molecule has 2 amide bonds. The smallest absolute Gasteiger partial charge is 0.319 e. The lowest BCUT2D eigenvalue weighted by Gasteiger charge is -2.08. The van der Waals surface area contributed by atoms with Gasteiger partial charge in [0.25, 0.3) is 0 Å². The Morgan fingerprint density at radius 2 is 1.84 bits per heavy atom. The van der Waals surface area contributed by atoms with Crippen LogP contribution in [0.4, 0.5) is 19.3 Å². The van der Waals surface area contributed by atoms with Crippen molar-refractivity contribution in [2.24, 2.45) is 0 Å². The molecule has 4 nitrogen and oxygen atoms in total. The van der Waals surface area contributed by atoms with Gasteiger partial charge in [0.2, 0.25) is 0 Å². The Balaban J connectivity index is 1.58. The molecular weight excluding hydrogens is 366 g/mol. The first-order chi connectivity index (χ1) is 12.0. The van der Waals surface area contributed by atoms with E-state index < -0.39 is 29.5 Å². The molecule has 1 atom stereocenters. The topological polar surface area (TPSA) is 61.4 Å². The fraction of sp³-hybridized carbons (Fsp3) is 0.118. The monoisotopic (exact) mass is 380 g/mol.